The Bertz CT molecular complexity index is 697. The number of nitrogens with one attached hydrogen (secondary N) is 1. The summed E-state index contributed by atoms with van der Waals surface area (Å²) in [6, 6.07) is 7.68. The molecular formula is C14H10F4N2O2. The number of hydrogen-bond acceptors (Lipinski definition) is 3. The highest BCUT2D eigenvalue weighted by atomic mass is 19.4. The summed E-state index contributed by atoms with van der Waals surface area (Å²) in [5.74, 6) is -0.879. The van der Waals surface area contributed by atoms with Crippen LogP contribution in [0.2, 0.25) is 0 Å². The van der Waals surface area contributed by atoms with Crippen LogP contribution in [0.4, 0.5) is 17.6 Å². The van der Waals surface area contributed by atoms with Crippen LogP contribution in [0.25, 0.3) is 0 Å². The standard InChI is InChI=1S/C14H10F4N2O2/c15-8-6-9-10(12(20-19-9)14(16,17)18)11(8)22-13(21)7-4-2-1-3-5-7/h1-5,8,11H,6H2,(H,19,20)/t8-,11-/m1/s1. The van der Waals surface area contributed by atoms with Gasteiger partial charge in [0, 0.05) is 17.7 Å². The van der Waals surface area contributed by atoms with Crippen molar-refractivity contribution >= 4 is 5.97 Å². The van der Waals surface area contributed by atoms with E-state index in [0.717, 1.165) is 0 Å². The molecule has 116 valence electrons. The van der Waals surface area contributed by atoms with Gasteiger partial charge in [0.15, 0.2) is 11.8 Å². The summed E-state index contributed by atoms with van der Waals surface area (Å²) in [6.07, 6.45) is -8.40. The zero-order valence-electron chi connectivity index (χ0n) is 11.0. The molecule has 0 unspecified atom stereocenters. The first-order valence-electron chi connectivity index (χ1n) is 6.42. The number of alkyl halides is 4. The Morgan fingerprint density at radius 3 is 2.59 bits per heavy atom. The molecule has 8 heteroatoms. The third-order valence-corrected chi connectivity index (χ3v) is 3.41. The molecule has 0 fully saturated rings. The number of nitrogens with zero attached hydrogens (tertiary/aromatic N) is 1. The second-order valence-corrected chi connectivity index (χ2v) is 4.87. The lowest BCUT2D eigenvalue weighted by molar-refractivity contribution is -0.143. The first-order valence-corrected chi connectivity index (χ1v) is 6.42. The molecule has 0 aliphatic heterocycles. The maximum atomic E-state index is 14.0. The maximum Gasteiger partial charge on any atom is 0.435 e. The lowest BCUT2D eigenvalue weighted by atomic mass is 10.1. The molecule has 0 bridgehead atoms. The molecule has 0 amide bonds. The van der Waals surface area contributed by atoms with Gasteiger partial charge in [-0.3, -0.25) is 5.10 Å². The molecule has 0 saturated carbocycles. The summed E-state index contributed by atoms with van der Waals surface area (Å²) in [6.45, 7) is 0. The molecular weight excluding hydrogens is 304 g/mol. The fraction of sp³-hybridized carbons (Fsp3) is 0.286. The Labute approximate surface area is 122 Å². The van der Waals surface area contributed by atoms with Crippen LogP contribution in [0.1, 0.15) is 33.4 Å². The molecule has 4 nitrogen and oxygen atoms in total. The monoisotopic (exact) mass is 314 g/mol. The van der Waals surface area contributed by atoms with Crippen molar-refractivity contribution in [3.05, 3.63) is 52.8 Å². The predicted octanol–water partition coefficient (Wildman–Crippen LogP) is 3.22. The second-order valence-electron chi connectivity index (χ2n) is 4.87. The van der Waals surface area contributed by atoms with E-state index in [1.165, 1.54) is 12.1 Å². The number of esters is 1. The SMILES string of the molecule is O=C(O[C@H]1c2c(C(F)(F)F)n[nH]c2C[C@H]1F)c1ccccc1. The first-order chi connectivity index (χ1) is 10.4. The summed E-state index contributed by atoms with van der Waals surface area (Å²) < 4.78 is 57.6. The molecule has 0 radical (unpaired) electrons. The Balaban J connectivity index is 1.90. The van der Waals surface area contributed by atoms with E-state index in [0.29, 0.717) is 0 Å². The Morgan fingerprint density at radius 2 is 1.95 bits per heavy atom. The van der Waals surface area contributed by atoms with Gasteiger partial charge in [-0.05, 0) is 12.1 Å². The summed E-state index contributed by atoms with van der Waals surface area (Å²) in [7, 11) is 0. The number of aromatic amines is 1. The van der Waals surface area contributed by atoms with Gasteiger partial charge in [0.1, 0.15) is 6.17 Å². The van der Waals surface area contributed by atoms with Crippen LogP contribution in [0.5, 0.6) is 0 Å². The molecule has 1 N–H and O–H groups in total. The number of fused-ring (bicyclic) bond motifs is 1. The predicted molar refractivity (Wildman–Crippen MR) is 66.8 cm³/mol. The normalized spacial score (nSPS) is 20.7. The first kappa shape index (κ1) is 14.6. The van der Waals surface area contributed by atoms with Crippen LogP contribution < -0.4 is 0 Å². The lowest BCUT2D eigenvalue weighted by Crippen LogP contribution is -2.20. The zero-order valence-corrected chi connectivity index (χ0v) is 11.0. The fourth-order valence-corrected chi connectivity index (χ4v) is 2.44. The number of rotatable bonds is 2. The summed E-state index contributed by atoms with van der Waals surface area (Å²) in [4.78, 5) is 11.9. The third kappa shape index (κ3) is 2.44. The van der Waals surface area contributed by atoms with Gasteiger partial charge in [0.25, 0.3) is 0 Å². The zero-order chi connectivity index (χ0) is 15.9. The molecule has 3 rings (SSSR count). The van der Waals surface area contributed by atoms with Crippen LogP contribution in [-0.4, -0.2) is 22.3 Å². The number of halogens is 4. The number of ether oxygens (including phenoxy) is 1. The third-order valence-electron chi connectivity index (χ3n) is 3.41. The second kappa shape index (κ2) is 5.11. The van der Waals surface area contributed by atoms with Crippen molar-refractivity contribution in [3.8, 4) is 0 Å². The van der Waals surface area contributed by atoms with Crippen LogP contribution in [-0.2, 0) is 17.3 Å². The van der Waals surface area contributed by atoms with Gasteiger partial charge in [-0.2, -0.15) is 18.3 Å². The number of hydrogen-bond donors (Lipinski definition) is 1. The van der Waals surface area contributed by atoms with Crippen LogP contribution >= 0.6 is 0 Å². The Morgan fingerprint density at radius 1 is 1.27 bits per heavy atom. The van der Waals surface area contributed by atoms with Crippen molar-refractivity contribution in [2.75, 3.05) is 0 Å². The lowest BCUT2D eigenvalue weighted by Gasteiger charge is -2.17. The minimum absolute atomic E-state index is 0.00527. The van der Waals surface area contributed by atoms with E-state index in [-0.39, 0.29) is 17.7 Å². The van der Waals surface area contributed by atoms with Crippen LogP contribution in [0, 0.1) is 0 Å². The van der Waals surface area contributed by atoms with E-state index in [2.05, 4.69) is 10.2 Å². The minimum Gasteiger partial charge on any atom is -0.451 e. The number of aromatic nitrogens is 2. The number of benzene rings is 1. The van der Waals surface area contributed by atoms with Gasteiger partial charge in [-0.25, -0.2) is 9.18 Å². The topological polar surface area (TPSA) is 55.0 Å². The summed E-state index contributed by atoms with van der Waals surface area (Å²) in [5.41, 5.74) is -1.52. The van der Waals surface area contributed by atoms with Crippen molar-refractivity contribution in [3.63, 3.8) is 0 Å². The van der Waals surface area contributed by atoms with Crippen LogP contribution in [0.15, 0.2) is 30.3 Å². The maximum absolute atomic E-state index is 14.0. The van der Waals surface area contributed by atoms with Crippen molar-refractivity contribution in [2.45, 2.75) is 24.9 Å². The van der Waals surface area contributed by atoms with Gasteiger partial charge in [-0.1, -0.05) is 18.2 Å². The van der Waals surface area contributed by atoms with E-state index in [4.69, 9.17) is 4.74 Å². The van der Waals surface area contributed by atoms with E-state index in [9.17, 15) is 22.4 Å². The molecule has 0 spiro atoms. The van der Waals surface area contributed by atoms with Gasteiger partial charge in [-0.15, -0.1) is 0 Å². The molecule has 2 aromatic rings. The molecule has 2 atom stereocenters. The van der Waals surface area contributed by atoms with Gasteiger partial charge in [0.05, 0.1) is 5.56 Å². The number of carbonyl (C=O) groups excluding carboxylic acids is 1. The number of H-pyrrole nitrogens is 1. The largest absolute Gasteiger partial charge is 0.451 e. The highest BCUT2D eigenvalue weighted by Crippen LogP contribution is 2.43. The molecule has 1 aromatic carbocycles. The molecule has 0 saturated heterocycles. The van der Waals surface area contributed by atoms with Crippen LogP contribution in [0.3, 0.4) is 0 Å². The minimum atomic E-state index is -4.74. The van der Waals surface area contributed by atoms with Crippen molar-refractivity contribution < 1.29 is 27.1 Å². The van der Waals surface area contributed by atoms with Crippen molar-refractivity contribution in [1.82, 2.24) is 10.2 Å². The van der Waals surface area contributed by atoms with Crippen molar-refractivity contribution in [2.24, 2.45) is 0 Å². The smallest absolute Gasteiger partial charge is 0.435 e. The molecule has 1 aromatic heterocycles. The summed E-state index contributed by atoms with van der Waals surface area (Å²) in [5, 5.41) is 5.33. The molecule has 1 aliphatic carbocycles. The average Bonchev–Trinajstić information content (AvgIpc) is 3.00. The van der Waals surface area contributed by atoms with Gasteiger partial charge in [0.2, 0.25) is 0 Å². The molecule has 22 heavy (non-hydrogen) atoms. The number of carbonyl (C=O) groups is 1. The fourth-order valence-electron chi connectivity index (χ4n) is 2.44. The Hall–Kier alpha value is -2.38. The van der Waals surface area contributed by atoms with Gasteiger partial charge < -0.3 is 4.74 Å². The quantitative estimate of drug-likeness (QED) is 0.684. The Kier molecular flexibility index (Phi) is 3.38. The molecule has 1 heterocycles. The highest BCUT2D eigenvalue weighted by molar-refractivity contribution is 5.89. The van der Waals surface area contributed by atoms with E-state index in [1.54, 1.807) is 18.2 Å². The molecule has 1 aliphatic rings. The van der Waals surface area contributed by atoms with Gasteiger partial charge >= 0.3 is 12.1 Å². The van der Waals surface area contributed by atoms with E-state index >= 15 is 0 Å². The van der Waals surface area contributed by atoms with E-state index < -0.39 is 35.7 Å². The van der Waals surface area contributed by atoms with E-state index in [1.807, 2.05) is 0 Å². The average molecular weight is 314 g/mol. The van der Waals surface area contributed by atoms with Crippen molar-refractivity contribution in [1.29, 1.82) is 0 Å². The highest BCUT2D eigenvalue weighted by Gasteiger charge is 2.47. The summed E-state index contributed by atoms with van der Waals surface area (Å²) >= 11 is 0.